The van der Waals surface area contributed by atoms with Gasteiger partial charge < -0.3 is 0 Å². The van der Waals surface area contributed by atoms with Crippen molar-refractivity contribution in [1.29, 1.82) is 0 Å². The van der Waals surface area contributed by atoms with Crippen molar-refractivity contribution < 1.29 is 4.79 Å². The third-order valence-corrected chi connectivity index (χ3v) is 5.30. The zero-order valence-electron chi connectivity index (χ0n) is 7.99. The van der Waals surface area contributed by atoms with Crippen LogP contribution in [0.2, 0.25) is 20.1 Å². The molecule has 2 bridgehead atoms. The molecule has 2 aliphatic rings. The van der Waals surface area contributed by atoms with E-state index in [1.165, 1.54) is 0 Å². The van der Waals surface area contributed by atoms with Crippen molar-refractivity contribution in [3.8, 4) is 0 Å². The van der Waals surface area contributed by atoms with Gasteiger partial charge in [-0.15, -0.1) is 0 Å². The Bertz CT molecular complexity index is 478. The highest BCUT2D eigenvalue weighted by atomic mass is 35.5. The molecule has 0 heterocycles. The van der Waals surface area contributed by atoms with E-state index in [0.29, 0.717) is 10.0 Å². The average molecular weight is 296 g/mol. The molecule has 0 amide bonds. The van der Waals surface area contributed by atoms with E-state index >= 15 is 0 Å². The smallest absolute Gasteiger partial charge is 0.147 e. The molecular weight excluding hydrogens is 290 g/mol. The van der Waals surface area contributed by atoms with Gasteiger partial charge in [0.05, 0.1) is 20.1 Å². The van der Waals surface area contributed by atoms with Crippen LogP contribution in [-0.2, 0) is 4.79 Å². The summed E-state index contributed by atoms with van der Waals surface area (Å²) >= 11 is 24.3. The Kier molecular flexibility index (Phi) is 2.46. The molecule has 84 valence electrons. The van der Waals surface area contributed by atoms with Gasteiger partial charge >= 0.3 is 0 Å². The van der Waals surface area contributed by atoms with Crippen molar-refractivity contribution in [2.75, 3.05) is 0 Å². The van der Waals surface area contributed by atoms with Gasteiger partial charge in [-0.1, -0.05) is 46.4 Å². The van der Waals surface area contributed by atoms with Gasteiger partial charge in [0.1, 0.15) is 5.78 Å². The normalized spacial score (nSPS) is 26.4. The largest absolute Gasteiger partial charge is 0.298 e. The van der Waals surface area contributed by atoms with E-state index in [4.69, 9.17) is 46.4 Å². The fourth-order valence-corrected chi connectivity index (χ4v) is 3.93. The first-order valence-corrected chi connectivity index (χ1v) is 6.44. The van der Waals surface area contributed by atoms with Crippen LogP contribution in [0.5, 0.6) is 0 Å². The Labute approximate surface area is 113 Å². The van der Waals surface area contributed by atoms with Crippen LogP contribution < -0.4 is 0 Å². The second-order valence-electron chi connectivity index (χ2n) is 4.17. The van der Waals surface area contributed by atoms with E-state index in [9.17, 15) is 4.79 Å². The van der Waals surface area contributed by atoms with E-state index in [2.05, 4.69) is 0 Å². The summed E-state index contributed by atoms with van der Waals surface area (Å²) in [5, 5.41) is 1.30. The molecule has 2 atom stereocenters. The molecule has 0 N–H and O–H groups in total. The van der Waals surface area contributed by atoms with Crippen molar-refractivity contribution >= 4 is 52.2 Å². The third kappa shape index (κ3) is 1.18. The Hall–Kier alpha value is 0.0500. The van der Waals surface area contributed by atoms with E-state index in [-0.39, 0.29) is 27.7 Å². The van der Waals surface area contributed by atoms with Gasteiger partial charge in [0.2, 0.25) is 0 Å². The first kappa shape index (κ1) is 11.2. The van der Waals surface area contributed by atoms with Crippen LogP contribution in [0.15, 0.2) is 0 Å². The second-order valence-corrected chi connectivity index (χ2v) is 5.68. The lowest BCUT2D eigenvalue weighted by Gasteiger charge is -2.18. The number of fused-ring (bicyclic) bond motifs is 5. The first-order chi connectivity index (χ1) is 7.54. The SMILES string of the molecule is O=C1[C@H]2CC[C@@H]1c1c(Cl)c(Cl)c(Cl)c(Cl)c12. The van der Waals surface area contributed by atoms with Crippen molar-refractivity contribution in [2.24, 2.45) is 0 Å². The Morgan fingerprint density at radius 3 is 1.50 bits per heavy atom. The molecule has 0 spiro atoms. The van der Waals surface area contributed by atoms with Crippen LogP contribution in [0.1, 0.15) is 35.8 Å². The highest BCUT2D eigenvalue weighted by Gasteiger charge is 2.48. The molecule has 0 radical (unpaired) electrons. The molecule has 1 aromatic rings. The predicted octanol–water partition coefficient (Wildman–Crippen LogP) is 4.84. The second kappa shape index (κ2) is 3.52. The van der Waals surface area contributed by atoms with Crippen LogP contribution in [0.25, 0.3) is 0 Å². The van der Waals surface area contributed by atoms with Gasteiger partial charge in [-0.2, -0.15) is 0 Å². The van der Waals surface area contributed by atoms with Crippen LogP contribution in [-0.4, -0.2) is 5.78 Å². The lowest BCUT2D eigenvalue weighted by atomic mass is 9.91. The maximum Gasteiger partial charge on any atom is 0.147 e. The monoisotopic (exact) mass is 294 g/mol. The van der Waals surface area contributed by atoms with Crippen molar-refractivity contribution in [3.05, 3.63) is 31.2 Å². The zero-order valence-corrected chi connectivity index (χ0v) is 11.0. The molecule has 0 saturated heterocycles. The first-order valence-electron chi connectivity index (χ1n) is 4.93. The molecule has 0 unspecified atom stereocenters. The average Bonchev–Trinajstić information content (AvgIpc) is 2.77. The summed E-state index contributed by atoms with van der Waals surface area (Å²) < 4.78 is 0. The van der Waals surface area contributed by atoms with E-state index in [1.807, 2.05) is 0 Å². The van der Waals surface area contributed by atoms with Crippen LogP contribution in [0.3, 0.4) is 0 Å². The van der Waals surface area contributed by atoms with E-state index < -0.39 is 0 Å². The topological polar surface area (TPSA) is 17.1 Å². The van der Waals surface area contributed by atoms with E-state index in [0.717, 1.165) is 24.0 Å². The van der Waals surface area contributed by atoms with Crippen LogP contribution in [0.4, 0.5) is 0 Å². The number of rotatable bonds is 0. The van der Waals surface area contributed by atoms with Gasteiger partial charge in [0.15, 0.2) is 0 Å². The van der Waals surface area contributed by atoms with Gasteiger partial charge in [0, 0.05) is 11.8 Å². The zero-order chi connectivity index (χ0) is 11.6. The maximum absolute atomic E-state index is 11.9. The number of halogens is 4. The molecule has 0 aliphatic heterocycles. The van der Waals surface area contributed by atoms with Gasteiger partial charge in [-0.25, -0.2) is 0 Å². The van der Waals surface area contributed by atoms with Crippen LogP contribution in [0, 0.1) is 0 Å². The highest BCUT2D eigenvalue weighted by molar-refractivity contribution is 6.52. The number of carbonyl (C=O) groups is 1. The summed E-state index contributed by atoms with van der Waals surface area (Å²) in [6, 6.07) is 0. The minimum Gasteiger partial charge on any atom is -0.298 e. The van der Waals surface area contributed by atoms with Gasteiger partial charge in [-0.05, 0) is 24.0 Å². The molecule has 1 saturated carbocycles. The molecule has 2 aliphatic carbocycles. The number of benzene rings is 1. The highest BCUT2D eigenvalue weighted by Crippen LogP contribution is 2.58. The van der Waals surface area contributed by atoms with Gasteiger partial charge in [0.25, 0.3) is 0 Å². The quantitative estimate of drug-likeness (QED) is 0.494. The lowest BCUT2D eigenvalue weighted by molar-refractivity contribution is -0.119. The molecule has 0 aromatic heterocycles. The molecule has 3 rings (SSSR count). The lowest BCUT2D eigenvalue weighted by Crippen LogP contribution is -2.01. The van der Waals surface area contributed by atoms with Crippen LogP contribution >= 0.6 is 46.4 Å². The third-order valence-electron chi connectivity index (χ3n) is 3.47. The summed E-state index contributed by atoms with van der Waals surface area (Å²) in [6.07, 6.45) is 1.68. The Balaban J connectivity index is 2.39. The Morgan fingerprint density at radius 2 is 1.12 bits per heavy atom. The van der Waals surface area contributed by atoms with E-state index in [1.54, 1.807) is 0 Å². The minimum absolute atomic E-state index is 0.125. The summed E-state index contributed by atoms with van der Waals surface area (Å²) in [7, 11) is 0. The molecule has 16 heavy (non-hydrogen) atoms. The molecule has 1 nitrogen and oxygen atoms in total. The molecular formula is C11H6Cl4O. The fraction of sp³-hybridized carbons (Fsp3) is 0.364. The number of hydrogen-bond donors (Lipinski definition) is 0. The van der Waals surface area contributed by atoms with Crippen molar-refractivity contribution in [2.45, 2.75) is 24.7 Å². The number of hydrogen-bond acceptors (Lipinski definition) is 1. The predicted molar refractivity (Wildman–Crippen MR) is 66.2 cm³/mol. The van der Waals surface area contributed by atoms with Crippen molar-refractivity contribution in [1.82, 2.24) is 0 Å². The fourth-order valence-electron chi connectivity index (χ4n) is 2.78. The number of carbonyl (C=O) groups excluding carboxylic acids is 1. The maximum atomic E-state index is 11.9. The summed E-state index contributed by atoms with van der Waals surface area (Å²) in [6.45, 7) is 0. The summed E-state index contributed by atoms with van der Waals surface area (Å²) in [5.74, 6) is -0.0448. The summed E-state index contributed by atoms with van der Waals surface area (Å²) in [4.78, 5) is 11.9. The standard InChI is InChI=1S/C11H6Cl4O/c12-7-5-3-1-2-4(11(3)16)6(5)8(13)10(15)9(7)14/h3-4H,1-2H2/t3-,4+. The molecule has 5 heteroatoms. The molecule has 1 aromatic carbocycles. The Morgan fingerprint density at radius 1 is 0.750 bits per heavy atom. The minimum atomic E-state index is -0.125. The number of ketones is 1. The summed E-state index contributed by atoms with van der Waals surface area (Å²) in [5.41, 5.74) is 1.62. The molecule has 1 fully saturated rings. The van der Waals surface area contributed by atoms with Gasteiger partial charge in [-0.3, -0.25) is 4.79 Å². The number of Topliss-reactive ketones (excluding diaryl/α,β-unsaturated/α-hetero) is 1. The van der Waals surface area contributed by atoms with Crippen molar-refractivity contribution in [3.63, 3.8) is 0 Å².